The number of aromatic amines is 1. The molecule has 0 saturated carbocycles. The van der Waals surface area contributed by atoms with Gasteiger partial charge >= 0.3 is 0 Å². The number of carbonyl (C=O) groups excluding carboxylic acids is 1. The van der Waals surface area contributed by atoms with Gasteiger partial charge in [-0.25, -0.2) is 4.98 Å². The molecule has 0 aliphatic carbocycles. The Morgan fingerprint density at radius 2 is 2.26 bits per heavy atom. The largest absolute Gasteiger partial charge is 0.396 e. The summed E-state index contributed by atoms with van der Waals surface area (Å²) in [6.45, 7) is 0.687. The number of nitrogens with zero attached hydrogens (tertiary/aromatic N) is 1. The van der Waals surface area contributed by atoms with Crippen LogP contribution >= 0.6 is 11.8 Å². The molecule has 1 amide bonds. The Morgan fingerprint density at radius 3 is 2.95 bits per heavy atom. The molecule has 6 nitrogen and oxygen atoms in total. The normalized spacial score (nSPS) is 10.4. The van der Waals surface area contributed by atoms with Crippen LogP contribution in [0.3, 0.4) is 0 Å². The van der Waals surface area contributed by atoms with E-state index in [2.05, 4.69) is 15.3 Å². The van der Waals surface area contributed by atoms with E-state index in [0.717, 1.165) is 19.3 Å². The van der Waals surface area contributed by atoms with Gasteiger partial charge in [-0.05, 0) is 25.5 Å². The summed E-state index contributed by atoms with van der Waals surface area (Å²) in [7, 11) is 0. The molecule has 0 fully saturated rings. The Morgan fingerprint density at radius 1 is 1.47 bits per heavy atom. The van der Waals surface area contributed by atoms with E-state index < -0.39 is 0 Å². The number of rotatable bonds is 8. The molecule has 0 aliphatic heterocycles. The summed E-state index contributed by atoms with van der Waals surface area (Å²) in [6, 6.07) is 1.20. The fourth-order valence-corrected chi connectivity index (χ4v) is 1.95. The van der Waals surface area contributed by atoms with Gasteiger partial charge in [0.1, 0.15) is 11.5 Å². The zero-order valence-electron chi connectivity index (χ0n) is 10.9. The predicted molar refractivity (Wildman–Crippen MR) is 75.3 cm³/mol. The smallest absolute Gasteiger partial charge is 0.270 e. The summed E-state index contributed by atoms with van der Waals surface area (Å²) >= 11 is 1.52. The van der Waals surface area contributed by atoms with Crippen LogP contribution in [0, 0.1) is 0 Å². The Balaban J connectivity index is 2.54. The summed E-state index contributed by atoms with van der Waals surface area (Å²) in [6.07, 6.45) is 4.29. The molecule has 1 heterocycles. The third-order valence-electron chi connectivity index (χ3n) is 2.42. The van der Waals surface area contributed by atoms with E-state index in [1.807, 2.05) is 6.26 Å². The van der Waals surface area contributed by atoms with Crippen molar-refractivity contribution in [3.05, 3.63) is 27.9 Å². The highest BCUT2D eigenvalue weighted by atomic mass is 32.2. The summed E-state index contributed by atoms with van der Waals surface area (Å²) in [4.78, 5) is 29.9. The fraction of sp³-hybridized carbons (Fsp3) is 0.583. The minimum atomic E-state index is -0.336. The van der Waals surface area contributed by atoms with Gasteiger partial charge in [0.2, 0.25) is 0 Å². The van der Waals surface area contributed by atoms with Gasteiger partial charge in [-0.2, -0.15) is 11.8 Å². The lowest BCUT2D eigenvalue weighted by atomic mass is 10.2. The molecular formula is C12H19N3O3S. The Kier molecular flexibility index (Phi) is 7.20. The van der Waals surface area contributed by atoms with Crippen molar-refractivity contribution in [2.45, 2.75) is 25.0 Å². The highest BCUT2D eigenvalue weighted by Crippen LogP contribution is 2.02. The zero-order chi connectivity index (χ0) is 14.1. The summed E-state index contributed by atoms with van der Waals surface area (Å²) in [5.74, 6) is 0.732. The number of aliphatic hydroxyl groups excluding tert-OH is 1. The average molecular weight is 285 g/mol. The van der Waals surface area contributed by atoms with Crippen molar-refractivity contribution in [3.63, 3.8) is 0 Å². The molecule has 106 valence electrons. The molecule has 19 heavy (non-hydrogen) atoms. The SMILES string of the molecule is CSCc1nc(C(=O)NCCCCCO)cc(=O)[nH]1. The molecule has 0 radical (unpaired) electrons. The lowest BCUT2D eigenvalue weighted by Crippen LogP contribution is -2.27. The summed E-state index contributed by atoms with van der Waals surface area (Å²) in [5, 5.41) is 11.3. The fourth-order valence-electron chi connectivity index (χ4n) is 1.54. The van der Waals surface area contributed by atoms with Crippen LogP contribution < -0.4 is 10.9 Å². The molecule has 1 aromatic heterocycles. The average Bonchev–Trinajstić information content (AvgIpc) is 2.38. The number of thioether (sulfide) groups is 1. The first-order valence-electron chi connectivity index (χ1n) is 6.15. The predicted octanol–water partition coefficient (Wildman–Crippen LogP) is 0.525. The van der Waals surface area contributed by atoms with Crippen LogP contribution in [0.4, 0.5) is 0 Å². The molecule has 0 bridgehead atoms. The summed E-state index contributed by atoms with van der Waals surface area (Å²) in [5.41, 5.74) is -0.167. The van der Waals surface area contributed by atoms with Gasteiger partial charge in [-0.3, -0.25) is 9.59 Å². The van der Waals surface area contributed by atoms with Gasteiger partial charge in [0.25, 0.3) is 11.5 Å². The monoisotopic (exact) mass is 285 g/mol. The van der Waals surface area contributed by atoms with Crippen LogP contribution in [-0.4, -0.2) is 40.4 Å². The van der Waals surface area contributed by atoms with Crippen molar-refractivity contribution in [1.29, 1.82) is 0 Å². The van der Waals surface area contributed by atoms with E-state index in [1.54, 1.807) is 0 Å². The van der Waals surface area contributed by atoms with Gasteiger partial charge in [0.15, 0.2) is 0 Å². The first kappa shape index (κ1) is 15.7. The van der Waals surface area contributed by atoms with E-state index in [4.69, 9.17) is 5.11 Å². The number of aromatic nitrogens is 2. The number of hydrogen-bond donors (Lipinski definition) is 3. The Bertz CT molecular complexity index is 462. The topological polar surface area (TPSA) is 95.1 Å². The van der Waals surface area contributed by atoms with E-state index in [0.29, 0.717) is 18.1 Å². The van der Waals surface area contributed by atoms with E-state index >= 15 is 0 Å². The van der Waals surface area contributed by atoms with Crippen LogP contribution in [0.5, 0.6) is 0 Å². The zero-order valence-corrected chi connectivity index (χ0v) is 11.8. The molecule has 0 saturated heterocycles. The maximum atomic E-state index is 11.8. The third-order valence-corrected chi connectivity index (χ3v) is 2.99. The summed E-state index contributed by atoms with van der Waals surface area (Å²) < 4.78 is 0. The molecule has 3 N–H and O–H groups in total. The first-order chi connectivity index (χ1) is 9.17. The minimum Gasteiger partial charge on any atom is -0.396 e. The Hall–Kier alpha value is -1.34. The van der Waals surface area contributed by atoms with Crippen LogP contribution in [-0.2, 0) is 5.75 Å². The van der Waals surface area contributed by atoms with Crippen molar-refractivity contribution in [2.75, 3.05) is 19.4 Å². The van der Waals surface area contributed by atoms with Crippen molar-refractivity contribution in [3.8, 4) is 0 Å². The van der Waals surface area contributed by atoms with Crippen molar-refractivity contribution >= 4 is 17.7 Å². The van der Waals surface area contributed by atoms with Gasteiger partial charge < -0.3 is 15.4 Å². The van der Waals surface area contributed by atoms with Gasteiger partial charge in [-0.1, -0.05) is 0 Å². The highest BCUT2D eigenvalue weighted by Gasteiger charge is 2.09. The van der Waals surface area contributed by atoms with Gasteiger partial charge in [0.05, 0.1) is 5.75 Å². The molecular weight excluding hydrogens is 266 g/mol. The maximum Gasteiger partial charge on any atom is 0.270 e. The van der Waals surface area contributed by atoms with E-state index in [9.17, 15) is 9.59 Å². The number of nitrogens with one attached hydrogen (secondary N) is 2. The van der Waals surface area contributed by atoms with Crippen LogP contribution in [0.15, 0.2) is 10.9 Å². The second-order valence-corrected chi connectivity index (χ2v) is 4.92. The molecule has 0 atom stereocenters. The van der Waals surface area contributed by atoms with Crippen molar-refractivity contribution < 1.29 is 9.90 Å². The number of unbranched alkanes of at least 4 members (excludes halogenated alkanes) is 2. The molecule has 7 heteroatoms. The second kappa shape index (κ2) is 8.71. The second-order valence-electron chi connectivity index (χ2n) is 4.05. The quantitative estimate of drug-likeness (QED) is 0.605. The molecule has 1 aromatic rings. The number of carbonyl (C=O) groups is 1. The lowest BCUT2D eigenvalue weighted by molar-refractivity contribution is 0.0947. The number of H-pyrrole nitrogens is 1. The molecule has 0 aromatic carbocycles. The van der Waals surface area contributed by atoms with Crippen LogP contribution in [0.2, 0.25) is 0 Å². The highest BCUT2D eigenvalue weighted by molar-refractivity contribution is 7.97. The van der Waals surface area contributed by atoms with E-state index in [-0.39, 0.29) is 23.8 Å². The molecule has 0 unspecified atom stereocenters. The van der Waals surface area contributed by atoms with Crippen molar-refractivity contribution in [1.82, 2.24) is 15.3 Å². The standard InChI is InChI=1S/C12H19N3O3S/c1-19-8-10-14-9(7-11(17)15-10)12(18)13-5-3-2-4-6-16/h7,16H,2-6,8H2,1H3,(H,13,18)(H,14,15,17). The maximum absolute atomic E-state index is 11.8. The van der Waals surface area contributed by atoms with Gasteiger partial charge in [-0.15, -0.1) is 0 Å². The Labute approximate surface area is 116 Å². The lowest BCUT2D eigenvalue weighted by Gasteiger charge is -2.05. The number of aliphatic hydroxyl groups is 1. The van der Waals surface area contributed by atoms with Crippen LogP contribution in [0.1, 0.15) is 35.6 Å². The molecule has 1 rings (SSSR count). The minimum absolute atomic E-state index is 0.148. The number of hydrogen-bond acceptors (Lipinski definition) is 5. The van der Waals surface area contributed by atoms with E-state index in [1.165, 1.54) is 17.8 Å². The molecule has 0 spiro atoms. The first-order valence-corrected chi connectivity index (χ1v) is 7.55. The van der Waals surface area contributed by atoms with Crippen molar-refractivity contribution in [2.24, 2.45) is 0 Å². The molecule has 0 aliphatic rings. The van der Waals surface area contributed by atoms with Gasteiger partial charge in [0, 0.05) is 19.2 Å². The van der Waals surface area contributed by atoms with Crippen LogP contribution in [0.25, 0.3) is 0 Å². The number of amides is 1. The third kappa shape index (κ3) is 5.89.